The molecule has 0 saturated carbocycles. The van der Waals surface area contributed by atoms with Crippen LogP contribution in [0.25, 0.3) is 10.9 Å². The predicted molar refractivity (Wildman–Crippen MR) is 98.1 cm³/mol. The van der Waals surface area contributed by atoms with E-state index in [2.05, 4.69) is 34.2 Å². The van der Waals surface area contributed by atoms with Crippen LogP contribution in [0.4, 0.5) is 0 Å². The van der Waals surface area contributed by atoms with Crippen LogP contribution in [-0.2, 0) is 17.6 Å². The number of nitrogens with zero attached hydrogens (tertiary/aromatic N) is 3. The van der Waals surface area contributed by atoms with E-state index in [1.807, 2.05) is 29.3 Å². The van der Waals surface area contributed by atoms with Crippen molar-refractivity contribution in [1.29, 1.82) is 0 Å². The summed E-state index contributed by atoms with van der Waals surface area (Å²) in [6, 6.07) is 14.2. The molecule has 3 aromatic rings. The van der Waals surface area contributed by atoms with E-state index in [9.17, 15) is 4.79 Å². The van der Waals surface area contributed by atoms with Crippen molar-refractivity contribution >= 4 is 16.8 Å². The van der Waals surface area contributed by atoms with Gasteiger partial charge in [0.25, 0.3) is 0 Å². The zero-order valence-electron chi connectivity index (χ0n) is 14.1. The van der Waals surface area contributed by atoms with Crippen molar-refractivity contribution in [2.75, 3.05) is 13.1 Å². The summed E-state index contributed by atoms with van der Waals surface area (Å²) in [6.45, 7) is 1.70. The number of hydrogen-bond acceptors (Lipinski definition) is 3. The van der Waals surface area contributed by atoms with Gasteiger partial charge in [0.15, 0.2) is 0 Å². The highest BCUT2D eigenvalue weighted by molar-refractivity contribution is 5.82. The minimum atomic E-state index is 0.204. The Bertz CT molecular complexity index is 873. The smallest absolute Gasteiger partial charge is 0.227 e. The van der Waals surface area contributed by atoms with Gasteiger partial charge in [0.1, 0.15) is 0 Å². The minimum absolute atomic E-state index is 0.204. The Labute approximate surface area is 147 Å². The molecule has 1 atom stereocenters. The van der Waals surface area contributed by atoms with Crippen molar-refractivity contribution in [1.82, 2.24) is 14.9 Å². The minimum Gasteiger partial charge on any atom is -0.342 e. The lowest BCUT2D eigenvalue weighted by molar-refractivity contribution is -0.129. The van der Waals surface area contributed by atoms with Gasteiger partial charge in [-0.15, -0.1) is 0 Å². The summed E-state index contributed by atoms with van der Waals surface area (Å²) in [7, 11) is 0. The first kappa shape index (κ1) is 15.8. The zero-order chi connectivity index (χ0) is 17.1. The van der Waals surface area contributed by atoms with Gasteiger partial charge in [0.05, 0.1) is 11.9 Å². The Hall–Kier alpha value is -2.75. The molecule has 0 radical (unpaired) electrons. The average Bonchev–Trinajstić information content (AvgIpc) is 3.12. The van der Waals surface area contributed by atoms with Crippen LogP contribution in [0.15, 0.2) is 61.1 Å². The number of amides is 1. The van der Waals surface area contributed by atoms with E-state index in [4.69, 9.17) is 0 Å². The quantitative estimate of drug-likeness (QED) is 0.737. The number of benzene rings is 1. The number of likely N-dealkylation sites (tertiary alicyclic amines) is 1. The fourth-order valence-corrected chi connectivity index (χ4v) is 3.66. The van der Waals surface area contributed by atoms with Crippen LogP contribution < -0.4 is 0 Å². The van der Waals surface area contributed by atoms with Crippen molar-refractivity contribution in [3.8, 4) is 0 Å². The number of carbonyl (C=O) groups excluding carboxylic acids is 1. The maximum absolute atomic E-state index is 12.5. The molecule has 1 aliphatic heterocycles. The summed E-state index contributed by atoms with van der Waals surface area (Å²) >= 11 is 0. The van der Waals surface area contributed by atoms with Crippen LogP contribution in [0.1, 0.15) is 17.5 Å². The molecule has 0 aliphatic carbocycles. The van der Waals surface area contributed by atoms with Gasteiger partial charge in [-0.2, -0.15) is 0 Å². The Morgan fingerprint density at radius 2 is 2.04 bits per heavy atom. The molecule has 0 N–H and O–H groups in total. The second-order valence-corrected chi connectivity index (χ2v) is 6.72. The second kappa shape index (κ2) is 7.01. The van der Waals surface area contributed by atoms with Crippen molar-refractivity contribution in [3.63, 3.8) is 0 Å². The molecule has 1 aromatic carbocycles. The molecule has 1 saturated heterocycles. The standard InChI is InChI=1S/C21H21N3O/c25-21(13-16-4-3-9-22-14-16)24-11-8-17(15-24)12-18-7-10-23-20-6-2-1-5-19(18)20/h1-7,9-10,14,17H,8,11-13,15H2. The molecule has 0 bridgehead atoms. The van der Waals surface area contributed by atoms with E-state index < -0.39 is 0 Å². The summed E-state index contributed by atoms with van der Waals surface area (Å²) in [5, 5.41) is 1.23. The van der Waals surface area contributed by atoms with Gasteiger partial charge >= 0.3 is 0 Å². The molecule has 2 aromatic heterocycles. The molecule has 4 nitrogen and oxygen atoms in total. The van der Waals surface area contributed by atoms with Gasteiger partial charge in [-0.25, -0.2) is 0 Å². The number of fused-ring (bicyclic) bond motifs is 1. The first-order chi connectivity index (χ1) is 12.3. The molecule has 126 valence electrons. The summed E-state index contributed by atoms with van der Waals surface area (Å²) in [5.74, 6) is 0.721. The van der Waals surface area contributed by atoms with Crippen LogP contribution in [-0.4, -0.2) is 33.9 Å². The fraction of sp³-hybridized carbons (Fsp3) is 0.286. The molecule has 1 fully saturated rings. The lowest BCUT2D eigenvalue weighted by atomic mass is 9.96. The topological polar surface area (TPSA) is 46.1 Å². The molecule has 1 amide bonds. The SMILES string of the molecule is O=C(Cc1cccnc1)N1CCC(Cc2ccnc3ccccc23)C1. The highest BCUT2D eigenvalue weighted by atomic mass is 16.2. The Balaban J connectivity index is 1.41. The van der Waals surface area contributed by atoms with Crippen molar-refractivity contribution in [2.24, 2.45) is 5.92 Å². The fourth-order valence-electron chi connectivity index (χ4n) is 3.66. The third-order valence-corrected chi connectivity index (χ3v) is 4.96. The second-order valence-electron chi connectivity index (χ2n) is 6.72. The van der Waals surface area contributed by atoms with E-state index in [0.717, 1.165) is 37.0 Å². The molecule has 25 heavy (non-hydrogen) atoms. The molecule has 0 spiro atoms. The van der Waals surface area contributed by atoms with Crippen molar-refractivity contribution in [2.45, 2.75) is 19.3 Å². The molecule has 4 rings (SSSR count). The zero-order valence-corrected chi connectivity index (χ0v) is 14.1. The first-order valence-corrected chi connectivity index (χ1v) is 8.79. The lowest BCUT2D eigenvalue weighted by Crippen LogP contribution is -2.30. The van der Waals surface area contributed by atoms with E-state index in [1.165, 1.54) is 10.9 Å². The van der Waals surface area contributed by atoms with Gasteiger partial charge in [0, 0.05) is 37.1 Å². The molecular formula is C21H21N3O. The maximum Gasteiger partial charge on any atom is 0.227 e. The molecule has 3 heterocycles. The lowest BCUT2D eigenvalue weighted by Gasteiger charge is -2.17. The third-order valence-electron chi connectivity index (χ3n) is 4.96. The molecule has 4 heteroatoms. The van der Waals surface area contributed by atoms with E-state index in [1.54, 1.807) is 12.4 Å². The highest BCUT2D eigenvalue weighted by Crippen LogP contribution is 2.25. The molecule has 1 aliphatic rings. The number of hydrogen-bond donors (Lipinski definition) is 0. The van der Waals surface area contributed by atoms with Crippen molar-refractivity contribution < 1.29 is 4.79 Å². The summed E-state index contributed by atoms with van der Waals surface area (Å²) in [4.78, 5) is 23.0. The van der Waals surface area contributed by atoms with Crippen LogP contribution in [0.2, 0.25) is 0 Å². The van der Waals surface area contributed by atoms with Gasteiger partial charge in [-0.3, -0.25) is 14.8 Å². The Morgan fingerprint density at radius 1 is 1.12 bits per heavy atom. The molecule has 1 unspecified atom stereocenters. The maximum atomic E-state index is 12.5. The normalized spacial score (nSPS) is 17.1. The predicted octanol–water partition coefficient (Wildman–Crippen LogP) is 3.26. The number of para-hydroxylation sites is 1. The van der Waals surface area contributed by atoms with E-state index in [-0.39, 0.29) is 5.91 Å². The summed E-state index contributed by atoms with van der Waals surface area (Å²) in [5.41, 5.74) is 3.36. The Kier molecular flexibility index (Phi) is 4.42. The first-order valence-electron chi connectivity index (χ1n) is 8.79. The van der Waals surface area contributed by atoms with E-state index >= 15 is 0 Å². The summed E-state index contributed by atoms with van der Waals surface area (Å²) in [6.07, 6.45) is 7.90. The number of pyridine rings is 2. The van der Waals surface area contributed by atoms with Crippen LogP contribution in [0.3, 0.4) is 0 Å². The van der Waals surface area contributed by atoms with Crippen LogP contribution >= 0.6 is 0 Å². The largest absolute Gasteiger partial charge is 0.342 e. The molecular weight excluding hydrogens is 310 g/mol. The van der Waals surface area contributed by atoms with Gasteiger partial charge in [0.2, 0.25) is 5.91 Å². The van der Waals surface area contributed by atoms with Crippen LogP contribution in [0.5, 0.6) is 0 Å². The van der Waals surface area contributed by atoms with Gasteiger partial charge < -0.3 is 4.90 Å². The Morgan fingerprint density at radius 3 is 2.92 bits per heavy atom. The number of rotatable bonds is 4. The number of aromatic nitrogens is 2. The third kappa shape index (κ3) is 3.53. The number of carbonyl (C=O) groups is 1. The van der Waals surface area contributed by atoms with Crippen LogP contribution in [0, 0.1) is 5.92 Å². The summed E-state index contributed by atoms with van der Waals surface area (Å²) < 4.78 is 0. The average molecular weight is 331 g/mol. The monoisotopic (exact) mass is 331 g/mol. The van der Waals surface area contributed by atoms with Gasteiger partial charge in [-0.1, -0.05) is 24.3 Å². The van der Waals surface area contributed by atoms with E-state index in [0.29, 0.717) is 12.3 Å². The van der Waals surface area contributed by atoms with Crippen molar-refractivity contribution in [3.05, 3.63) is 72.2 Å². The van der Waals surface area contributed by atoms with Gasteiger partial charge in [-0.05, 0) is 48.1 Å². The highest BCUT2D eigenvalue weighted by Gasteiger charge is 2.26.